The average molecular weight is 459 g/mol. The number of rotatable bonds is 5. The van der Waals surface area contributed by atoms with E-state index in [1.54, 1.807) is 17.0 Å². The van der Waals surface area contributed by atoms with Crippen LogP contribution in [0.2, 0.25) is 0 Å². The molecule has 0 radical (unpaired) electrons. The molecular formula is C26H26N4O2S. The third-order valence-corrected chi connectivity index (χ3v) is 8.03. The zero-order valence-corrected chi connectivity index (χ0v) is 19.4. The second-order valence-electron chi connectivity index (χ2n) is 8.71. The van der Waals surface area contributed by atoms with E-state index in [0.717, 1.165) is 25.1 Å². The molecule has 1 N–H and O–H groups in total. The first-order valence-electron chi connectivity index (χ1n) is 11.4. The van der Waals surface area contributed by atoms with E-state index in [1.807, 2.05) is 23.5 Å². The lowest BCUT2D eigenvalue weighted by atomic mass is 9.98. The van der Waals surface area contributed by atoms with E-state index in [-0.39, 0.29) is 11.8 Å². The van der Waals surface area contributed by atoms with Crippen molar-refractivity contribution in [3.8, 4) is 6.07 Å². The molecule has 2 unspecified atom stereocenters. The minimum Gasteiger partial charge on any atom is -0.342 e. The molecule has 168 valence electrons. The van der Waals surface area contributed by atoms with Crippen LogP contribution in [-0.2, 0) is 29.0 Å². The van der Waals surface area contributed by atoms with Crippen molar-refractivity contribution in [2.24, 2.45) is 0 Å². The van der Waals surface area contributed by atoms with Crippen molar-refractivity contribution in [1.29, 1.82) is 5.26 Å². The number of nitrogens with zero attached hydrogens (tertiary/aromatic N) is 3. The van der Waals surface area contributed by atoms with Crippen LogP contribution >= 0.6 is 11.3 Å². The molecule has 33 heavy (non-hydrogen) atoms. The van der Waals surface area contributed by atoms with Crippen LogP contribution in [0.5, 0.6) is 0 Å². The molecule has 2 fully saturated rings. The van der Waals surface area contributed by atoms with Crippen molar-refractivity contribution in [3.05, 3.63) is 70.1 Å². The minimum atomic E-state index is -0.555. The van der Waals surface area contributed by atoms with E-state index in [2.05, 4.69) is 47.5 Å². The molecule has 0 saturated carbocycles. The zero-order chi connectivity index (χ0) is 22.9. The highest BCUT2D eigenvalue weighted by atomic mass is 32.1. The van der Waals surface area contributed by atoms with Gasteiger partial charge in [-0.2, -0.15) is 5.26 Å². The number of carbonyl (C=O) groups is 2. The van der Waals surface area contributed by atoms with Gasteiger partial charge in [-0.25, -0.2) is 0 Å². The number of benzene rings is 2. The Hall–Kier alpha value is -3.21. The Morgan fingerprint density at radius 3 is 2.67 bits per heavy atom. The van der Waals surface area contributed by atoms with Crippen LogP contribution in [0.3, 0.4) is 0 Å². The Bertz CT molecular complexity index is 1240. The second-order valence-corrected chi connectivity index (χ2v) is 9.85. The van der Waals surface area contributed by atoms with Gasteiger partial charge in [0.2, 0.25) is 11.8 Å². The largest absolute Gasteiger partial charge is 0.342 e. The second kappa shape index (κ2) is 8.97. The summed E-state index contributed by atoms with van der Waals surface area (Å²) in [7, 11) is 0. The molecule has 2 atom stereocenters. The Morgan fingerprint density at radius 1 is 1.12 bits per heavy atom. The molecule has 1 aromatic heterocycles. The first kappa shape index (κ1) is 21.6. The monoisotopic (exact) mass is 458 g/mol. The topological polar surface area (TPSA) is 76.4 Å². The van der Waals surface area contributed by atoms with Gasteiger partial charge in [-0.1, -0.05) is 37.3 Å². The van der Waals surface area contributed by atoms with Gasteiger partial charge in [0.1, 0.15) is 12.1 Å². The number of hydrogen-bond acceptors (Lipinski definition) is 5. The van der Waals surface area contributed by atoms with Crippen molar-refractivity contribution >= 4 is 33.2 Å². The summed E-state index contributed by atoms with van der Waals surface area (Å²) >= 11 is 1.85. The molecule has 5 rings (SSSR count). The normalized spacial score (nSPS) is 21.0. The van der Waals surface area contributed by atoms with Crippen LogP contribution in [0.4, 0.5) is 0 Å². The number of nitriles is 1. The molecule has 3 heterocycles. The zero-order valence-electron chi connectivity index (χ0n) is 18.6. The summed E-state index contributed by atoms with van der Waals surface area (Å²) in [4.78, 5) is 31.6. The number of fused-ring (bicyclic) bond motifs is 2. The fraction of sp³-hybridized carbons (Fsp3) is 0.346. The van der Waals surface area contributed by atoms with E-state index in [9.17, 15) is 9.59 Å². The molecule has 2 aliphatic heterocycles. The van der Waals surface area contributed by atoms with Gasteiger partial charge in [0.25, 0.3) is 0 Å². The number of thiophene rings is 1. The summed E-state index contributed by atoms with van der Waals surface area (Å²) in [5.74, 6) is -0.0947. The van der Waals surface area contributed by atoms with Gasteiger partial charge in [-0.3, -0.25) is 14.5 Å². The van der Waals surface area contributed by atoms with Crippen LogP contribution in [0, 0.1) is 11.3 Å². The smallest absolute Gasteiger partial charge is 0.246 e. The number of hydrogen-bond donors (Lipinski definition) is 1. The maximum absolute atomic E-state index is 13.2. The van der Waals surface area contributed by atoms with Gasteiger partial charge in [0.05, 0.1) is 11.6 Å². The molecule has 0 aliphatic carbocycles. The summed E-state index contributed by atoms with van der Waals surface area (Å²) in [6, 6.07) is 16.8. The van der Waals surface area contributed by atoms with Crippen LogP contribution in [0.1, 0.15) is 28.5 Å². The van der Waals surface area contributed by atoms with Gasteiger partial charge in [-0.05, 0) is 41.1 Å². The Kier molecular flexibility index (Phi) is 5.88. The Morgan fingerprint density at radius 2 is 1.91 bits per heavy atom. The molecule has 7 heteroatoms. The van der Waals surface area contributed by atoms with Gasteiger partial charge < -0.3 is 10.2 Å². The fourth-order valence-electron chi connectivity index (χ4n) is 4.92. The maximum Gasteiger partial charge on any atom is 0.246 e. The van der Waals surface area contributed by atoms with Gasteiger partial charge in [0, 0.05) is 42.2 Å². The standard InChI is InChI=1S/C26H26N4O2S/c1-2-23-20(19-5-3-4-6-24(19)33-23)15-29-11-12-30-22(16-29)25(31)28-21(26(30)32)13-17-7-9-18(14-27)10-8-17/h3-10,21-22H,2,11-13,15-16H2,1H3,(H,28,31). The van der Waals surface area contributed by atoms with Crippen molar-refractivity contribution in [2.45, 2.75) is 38.4 Å². The molecule has 2 aliphatic rings. The SMILES string of the molecule is CCc1sc2ccccc2c1CN1CCN2C(=O)C(Cc3ccc(C#N)cc3)NC(=O)C2C1. The number of carbonyl (C=O) groups excluding carboxylic acids is 2. The minimum absolute atomic E-state index is 0.0150. The molecule has 2 amide bonds. The van der Waals surface area contributed by atoms with Crippen molar-refractivity contribution in [3.63, 3.8) is 0 Å². The predicted octanol–water partition coefficient (Wildman–Crippen LogP) is 3.09. The first-order valence-corrected chi connectivity index (χ1v) is 12.2. The molecular weight excluding hydrogens is 432 g/mol. The summed E-state index contributed by atoms with van der Waals surface area (Å²) in [5.41, 5.74) is 2.87. The number of nitrogens with one attached hydrogen (secondary N) is 1. The van der Waals surface area contributed by atoms with Gasteiger partial charge in [0.15, 0.2) is 0 Å². The third kappa shape index (κ3) is 4.12. The van der Waals surface area contributed by atoms with Crippen molar-refractivity contribution in [1.82, 2.24) is 15.1 Å². The highest BCUT2D eigenvalue weighted by Crippen LogP contribution is 2.33. The van der Waals surface area contributed by atoms with Crippen molar-refractivity contribution in [2.75, 3.05) is 19.6 Å². The molecule has 2 aromatic carbocycles. The maximum atomic E-state index is 13.2. The molecule has 0 spiro atoms. The lowest BCUT2D eigenvalue weighted by Crippen LogP contribution is -2.69. The van der Waals surface area contributed by atoms with E-state index in [1.165, 1.54) is 20.5 Å². The van der Waals surface area contributed by atoms with Gasteiger partial charge in [-0.15, -0.1) is 11.3 Å². The van der Waals surface area contributed by atoms with E-state index < -0.39 is 12.1 Å². The summed E-state index contributed by atoms with van der Waals surface area (Å²) in [5, 5.41) is 13.2. The number of amides is 2. The highest BCUT2D eigenvalue weighted by Gasteiger charge is 2.43. The number of aryl methyl sites for hydroxylation is 1. The third-order valence-electron chi connectivity index (χ3n) is 6.67. The van der Waals surface area contributed by atoms with E-state index >= 15 is 0 Å². The molecule has 6 nitrogen and oxygen atoms in total. The summed E-state index contributed by atoms with van der Waals surface area (Å²) in [6.07, 6.45) is 1.43. The van der Waals surface area contributed by atoms with Crippen LogP contribution < -0.4 is 5.32 Å². The predicted molar refractivity (Wildman–Crippen MR) is 129 cm³/mol. The highest BCUT2D eigenvalue weighted by molar-refractivity contribution is 7.19. The number of piperazine rings is 2. The molecule has 3 aromatic rings. The average Bonchev–Trinajstić information content (AvgIpc) is 3.20. The summed E-state index contributed by atoms with van der Waals surface area (Å²) in [6.45, 7) is 4.85. The molecule has 0 bridgehead atoms. The van der Waals surface area contributed by atoms with Crippen LogP contribution in [0.15, 0.2) is 48.5 Å². The quantitative estimate of drug-likeness (QED) is 0.638. The van der Waals surface area contributed by atoms with E-state index in [0.29, 0.717) is 25.1 Å². The van der Waals surface area contributed by atoms with Gasteiger partial charge >= 0.3 is 0 Å². The molecule has 2 saturated heterocycles. The van der Waals surface area contributed by atoms with Crippen molar-refractivity contribution < 1.29 is 9.59 Å². The summed E-state index contributed by atoms with van der Waals surface area (Å²) < 4.78 is 1.30. The van der Waals surface area contributed by atoms with Crippen LogP contribution in [0.25, 0.3) is 10.1 Å². The first-order chi connectivity index (χ1) is 16.1. The van der Waals surface area contributed by atoms with Crippen LogP contribution in [-0.4, -0.2) is 53.3 Å². The lowest BCUT2D eigenvalue weighted by molar-refractivity contribution is -0.153. The fourth-order valence-corrected chi connectivity index (χ4v) is 6.08. The Labute approximate surface area is 197 Å². The Balaban J connectivity index is 1.29. The van der Waals surface area contributed by atoms with E-state index in [4.69, 9.17) is 5.26 Å². The lowest BCUT2D eigenvalue weighted by Gasteiger charge is -2.45.